The maximum atomic E-state index is 11.3. The summed E-state index contributed by atoms with van der Waals surface area (Å²) < 4.78 is 0. The summed E-state index contributed by atoms with van der Waals surface area (Å²) in [7, 11) is 0. The second-order valence-electron chi connectivity index (χ2n) is 6.14. The van der Waals surface area contributed by atoms with Crippen LogP contribution in [0.1, 0.15) is 23.0 Å². The zero-order valence-electron chi connectivity index (χ0n) is 15.0. The molecule has 0 unspecified atom stereocenters. The van der Waals surface area contributed by atoms with Crippen LogP contribution in [0.3, 0.4) is 0 Å². The van der Waals surface area contributed by atoms with Crippen molar-refractivity contribution in [1.82, 2.24) is 10.3 Å². The normalized spacial score (nSPS) is 11.6. The molecule has 1 heterocycles. The van der Waals surface area contributed by atoms with Crippen molar-refractivity contribution in [3.05, 3.63) is 69.5 Å². The predicted molar refractivity (Wildman–Crippen MR) is 118 cm³/mol. The van der Waals surface area contributed by atoms with Gasteiger partial charge >= 0.3 is 5.97 Å². The zero-order chi connectivity index (χ0) is 20.1. The molecule has 1 aromatic heterocycles. The Morgan fingerprint density at radius 2 is 2.07 bits per heavy atom. The first-order valence-electron chi connectivity index (χ1n) is 8.48. The van der Waals surface area contributed by atoms with Crippen LogP contribution in [-0.4, -0.2) is 21.2 Å². The Hall–Kier alpha value is -2.48. The monoisotopic (exact) mass is 431 g/mol. The summed E-state index contributed by atoms with van der Waals surface area (Å²) in [5.41, 5.74) is 3.44. The van der Waals surface area contributed by atoms with E-state index in [9.17, 15) is 9.90 Å². The van der Waals surface area contributed by atoms with Crippen molar-refractivity contribution in [2.45, 2.75) is 19.4 Å². The number of carbonyl (C=O) groups is 1. The maximum absolute atomic E-state index is 11.3. The van der Waals surface area contributed by atoms with Crippen molar-refractivity contribution in [1.29, 1.82) is 0 Å². The van der Waals surface area contributed by atoms with E-state index < -0.39 is 12.0 Å². The molecule has 5 nitrogen and oxygen atoms in total. The molecule has 0 aliphatic heterocycles. The van der Waals surface area contributed by atoms with Gasteiger partial charge in [0.25, 0.3) is 0 Å². The van der Waals surface area contributed by atoms with Crippen LogP contribution in [0.15, 0.2) is 53.9 Å². The minimum Gasteiger partial charge on any atom is -0.481 e. The van der Waals surface area contributed by atoms with Gasteiger partial charge in [0.05, 0.1) is 23.2 Å². The highest BCUT2D eigenvalue weighted by Crippen LogP contribution is 2.25. The molecule has 144 valence electrons. The first-order chi connectivity index (χ1) is 13.4. The first kappa shape index (κ1) is 20.3. The number of hydrogen-bond donors (Lipinski definition) is 3. The summed E-state index contributed by atoms with van der Waals surface area (Å²) in [4.78, 5) is 15.8. The number of halogens is 1. The number of anilines is 1. The molecule has 0 amide bonds. The van der Waals surface area contributed by atoms with Crippen molar-refractivity contribution < 1.29 is 9.90 Å². The van der Waals surface area contributed by atoms with Crippen LogP contribution >= 0.6 is 35.2 Å². The lowest BCUT2D eigenvalue weighted by Gasteiger charge is -2.20. The van der Waals surface area contributed by atoms with E-state index in [4.69, 9.17) is 23.8 Å². The number of aryl methyl sites for hydroxylation is 1. The molecule has 2 aromatic carbocycles. The van der Waals surface area contributed by atoms with E-state index in [-0.39, 0.29) is 6.42 Å². The maximum Gasteiger partial charge on any atom is 0.305 e. The number of thiocarbonyl (C=S) groups is 1. The Kier molecular flexibility index (Phi) is 6.61. The molecule has 0 saturated carbocycles. The van der Waals surface area contributed by atoms with Gasteiger partial charge in [-0.15, -0.1) is 11.3 Å². The SMILES string of the molecule is Cc1nc(-c2cccc(NC(=S)N[C@H](CC(=O)O)c3cccc(Cl)c3)c2)cs1. The van der Waals surface area contributed by atoms with Crippen molar-refractivity contribution in [3.63, 3.8) is 0 Å². The van der Waals surface area contributed by atoms with E-state index in [0.29, 0.717) is 10.1 Å². The smallest absolute Gasteiger partial charge is 0.305 e. The van der Waals surface area contributed by atoms with Gasteiger partial charge in [0.1, 0.15) is 0 Å². The van der Waals surface area contributed by atoms with Gasteiger partial charge in [-0.05, 0) is 49.0 Å². The van der Waals surface area contributed by atoms with E-state index in [1.807, 2.05) is 42.6 Å². The number of carboxylic acid groups (broad SMARTS) is 1. The van der Waals surface area contributed by atoms with Gasteiger partial charge in [-0.2, -0.15) is 0 Å². The number of benzene rings is 2. The number of nitrogens with zero attached hydrogens (tertiary/aromatic N) is 1. The van der Waals surface area contributed by atoms with Gasteiger partial charge in [0.2, 0.25) is 0 Å². The summed E-state index contributed by atoms with van der Waals surface area (Å²) >= 11 is 13.0. The Morgan fingerprint density at radius 3 is 2.75 bits per heavy atom. The molecule has 28 heavy (non-hydrogen) atoms. The minimum absolute atomic E-state index is 0.125. The summed E-state index contributed by atoms with van der Waals surface area (Å²) in [6.07, 6.45) is -0.125. The quantitative estimate of drug-likeness (QED) is 0.461. The molecule has 3 aromatic rings. The van der Waals surface area contributed by atoms with Crippen LogP contribution in [0.4, 0.5) is 5.69 Å². The predicted octanol–water partition coefficient (Wildman–Crippen LogP) is 5.27. The molecule has 0 aliphatic rings. The van der Waals surface area contributed by atoms with E-state index in [0.717, 1.165) is 27.5 Å². The van der Waals surface area contributed by atoms with E-state index in [1.165, 1.54) is 0 Å². The van der Waals surface area contributed by atoms with E-state index in [1.54, 1.807) is 29.5 Å². The third-order valence-electron chi connectivity index (χ3n) is 3.97. The fourth-order valence-electron chi connectivity index (χ4n) is 2.73. The number of carboxylic acids is 1. The zero-order valence-corrected chi connectivity index (χ0v) is 17.4. The average Bonchev–Trinajstić information content (AvgIpc) is 3.07. The van der Waals surface area contributed by atoms with E-state index >= 15 is 0 Å². The van der Waals surface area contributed by atoms with Crippen molar-refractivity contribution in [2.75, 3.05) is 5.32 Å². The molecule has 8 heteroatoms. The molecule has 3 N–H and O–H groups in total. The second kappa shape index (κ2) is 9.14. The molecule has 0 aliphatic carbocycles. The lowest BCUT2D eigenvalue weighted by molar-refractivity contribution is -0.137. The summed E-state index contributed by atoms with van der Waals surface area (Å²) in [6.45, 7) is 1.97. The molecule has 0 saturated heterocycles. The van der Waals surface area contributed by atoms with Gasteiger partial charge in [0, 0.05) is 21.7 Å². The largest absolute Gasteiger partial charge is 0.481 e. The fourth-order valence-corrected chi connectivity index (χ4v) is 3.81. The third-order valence-corrected chi connectivity index (χ3v) is 5.20. The summed E-state index contributed by atoms with van der Waals surface area (Å²) in [6, 6.07) is 14.3. The molecule has 1 atom stereocenters. The Labute approximate surface area is 177 Å². The lowest BCUT2D eigenvalue weighted by Crippen LogP contribution is -2.33. The topological polar surface area (TPSA) is 74.2 Å². The van der Waals surface area contributed by atoms with Crippen LogP contribution in [0, 0.1) is 6.92 Å². The van der Waals surface area contributed by atoms with Crippen molar-refractivity contribution >= 4 is 51.9 Å². The molecular formula is C20H18ClN3O2S2. The number of aromatic nitrogens is 1. The molecule has 0 bridgehead atoms. The van der Waals surface area contributed by atoms with Crippen LogP contribution in [0.5, 0.6) is 0 Å². The number of aliphatic carboxylic acids is 1. The number of hydrogen-bond acceptors (Lipinski definition) is 4. The second-order valence-corrected chi connectivity index (χ2v) is 8.04. The molecule has 0 radical (unpaired) electrons. The molecular weight excluding hydrogens is 414 g/mol. The van der Waals surface area contributed by atoms with Crippen molar-refractivity contribution in [2.24, 2.45) is 0 Å². The summed E-state index contributed by atoms with van der Waals surface area (Å²) in [5, 5.41) is 19.3. The standard InChI is InChI=1S/C20H18ClN3O2S2/c1-12-22-18(11-28-12)14-5-3-7-16(9-14)23-20(27)24-17(10-19(25)26)13-4-2-6-15(21)8-13/h2-9,11,17H,10H2,1H3,(H,25,26)(H2,23,24,27)/t17-/m1/s1. The fraction of sp³-hybridized carbons (Fsp3) is 0.150. The van der Waals surface area contributed by atoms with Crippen molar-refractivity contribution in [3.8, 4) is 11.3 Å². The molecule has 0 fully saturated rings. The average molecular weight is 432 g/mol. The van der Waals surface area contributed by atoms with Gasteiger partial charge in [-0.1, -0.05) is 35.9 Å². The lowest BCUT2D eigenvalue weighted by atomic mass is 10.0. The van der Waals surface area contributed by atoms with E-state index in [2.05, 4.69) is 15.6 Å². The van der Waals surface area contributed by atoms with Gasteiger partial charge in [-0.25, -0.2) is 4.98 Å². The number of thiazole rings is 1. The highest BCUT2D eigenvalue weighted by Gasteiger charge is 2.17. The Balaban J connectivity index is 1.73. The Morgan fingerprint density at radius 1 is 1.29 bits per heavy atom. The van der Waals surface area contributed by atoms with Gasteiger partial charge < -0.3 is 15.7 Å². The highest BCUT2D eigenvalue weighted by molar-refractivity contribution is 7.80. The third kappa shape index (κ3) is 5.51. The van der Waals surface area contributed by atoms with Gasteiger partial charge in [-0.3, -0.25) is 4.79 Å². The van der Waals surface area contributed by atoms with Crippen LogP contribution in [0.25, 0.3) is 11.3 Å². The van der Waals surface area contributed by atoms with Crippen LogP contribution in [-0.2, 0) is 4.79 Å². The number of rotatable bonds is 6. The van der Waals surface area contributed by atoms with Gasteiger partial charge in [0.15, 0.2) is 5.11 Å². The van der Waals surface area contributed by atoms with Crippen LogP contribution < -0.4 is 10.6 Å². The summed E-state index contributed by atoms with van der Waals surface area (Å²) in [5.74, 6) is -0.929. The Bertz CT molecular complexity index is 1010. The molecule has 3 rings (SSSR count). The number of nitrogens with one attached hydrogen (secondary N) is 2. The first-order valence-corrected chi connectivity index (χ1v) is 10.1. The molecule has 0 spiro atoms. The van der Waals surface area contributed by atoms with Crippen LogP contribution in [0.2, 0.25) is 5.02 Å². The minimum atomic E-state index is -0.929. The highest BCUT2D eigenvalue weighted by atomic mass is 35.5.